The van der Waals surface area contributed by atoms with Crippen LogP contribution in [0.5, 0.6) is 0 Å². The van der Waals surface area contributed by atoms with Gasteiger partial charge in [0.15, 0.2) is 0 Å². The number of anilines is 2. The van der Waals surface area contributed by atoms with Crippen LogP contribution in [0.1, 0.15) is 18.4 Å². The maximum Gasteiger partial charge on any atom is 0.471 e. The van der Waals surface area contributed by atoms with Crippen LogP contribution in [0.25, 0.3) is 11.1 Å². The normalized spacial score (nSPS) is 15.6. The fraction of sp³-hybridized carbons (Fsp3) is 0.241. The zero-order valence-corrected chi connectivity index (χ0v) is 21.6. The minimum atomic E-state index is -5.05. The molecule has 0 spiro atoms. The Morgan fingerprint density at radius 1 is 0.902 bits per heavy atom. The van der Waals surface area contributed by atoms with Gasteiger partial charge in [-0.1, -0.05) is 60.7 Å². The van der Waals surface area contributed by atoms with E-state index in [4.69, 9.17) is 0 Å². The molecule has 4 rings (SSSR count). The molecule has 41 heavy (non-hydrogen) atoms. The number of nitrogens with one attached hydrogen (secondary N) is 3. The van der Waals surface area contributed by atoms with Gasteiger partial charge in [0.2, 0.25) is 5.91 Å². The van der Waals surface area contributed by atoms with E-state index in [9.17, 15) is 37.5 Å². The summed E-state index contributed by atoms with van der Waals surface area (Å²) in [6.07, 6.45) is -4.32. The lowest BCUT2D eigenvalue weighted by atomic mass is 10.0. The highest BCUT2D eigenvalue weighted by Gasteiger charge is 2.39. The molecular formula is C29H27F3N4O5. The Morgan fingerprint density at radius 3 is 2.22 bits per heavy atom. The first kappa shape index (κ1) is 29.1. The first-order valence-electron chi connectivity index (χ1n) is 12.8. The molecule has 1 unspecified atom stereocenters. The van der Waals surface area contributed by atoms with Gasteiger partial charge < -0.3 is 26.0 Å². The number of aliphatic carboxylic acids is 1. The van der Waals surface area contributed by atoms with Crippen molar-refractivity contribution in [3.63, 3.8) is 0 Å². The fourth-order valence-electron chi connectivity index (χ4n) is 4.56. The van der Waals surface area contributed by atoms with E-state index in [0.717, 1.165) is 11.1 Å². The number of hydrogen-bond acceptors (Lipinski definition) is 4. The van der Waals surface area contributed by atoms with Crippen LogP contribution in [0.2, 0.25) is 0 Å². The summed E-state index contributed by atoms with van der Waals surface area (Å²) in [5, 5.41) is 16.8. The summed E-state index contributed by atoms with van der Waals surface area (Å²) < 4.78 is 37.4. The van der Waals surface area contributed by atoms with E-state index in [0.29, 0.717) is 30.6 Å². The Labute approximate surface area is 233 Å². The highest BCUT2D eigenvalue weighted by Crippen LogP contribution is 2.29. The number of rotatable bonds is 8. The van der Waals surface area contributed by atoms with Crippen molar-refractivity contribution in [2.75, 3.05) is 17.2 Å². The summed E-state index contributed by atoms with van der Waals surface area (Å²) in [6.45, 7) is 0.306. The Hall–Kier alpha value is -4.87. The minimum absolute atomic E-state index is 0.117. The van der Waals surface area contributed by atoms with Crippen LogP contribution in [-0.2, 0) is 20.8 Å². The van der Waals surface area contributed by atoms with Crippen LogP contribution in [0.4, 0.5) is 29.3 Å². The minimum Gasteiger partial charge on any atom is -0.480 e. The third-order valence-electron chi connectivity index (χ3n) is 6.59. The van der Waals surface area contributed by atoms with E-state index in [1.807, 2.05) is 42.5 Å². The summed E-state index contributed by atoms with van der Waals surface area (Å²) >= 11 is 0. The van der Waals surface area contributed by atoms with Crippen molar-refractivity contribution in [2.45, 2.75) is 37.5 Å². The monoisotopic (exact) mass is 568 g/mol. The molecule has 0 aliphatic carbocycles. The molecule has 3 aromatic carbocycles. The fourth-order valence-corrected chi connectivity index (χ4v) is 4.56. The number of carboxylic acid groups (broad SMARTS) is 1. The molecule has 2 atom stereocenters. The smallest absolute Gasteiger partial charge is 0.471 e. The molecule has 4 N–H and O–H groups in total. The summed E-state index contributed by atoms with van der Waals surface area (Å²) in [5.74, 6) is -4.08. The largest absolute Gasteiger partial charge is 0.480 e. The predicted octanol–water partition coefficient (Wildman–Crippen LogP) is 4.66. The molecule has 12 heteroatoms. The third-order valence-corrected chi connectivity index (χ3v) is 6.59. The van der Waals surface area contributed by atoms with Crippen molar-refractivity contribution in [2.24, 2.45) is 0 Å². The zero-order chi connectivity index (χ0) is 29.6. The third kappa shape index (κ3) is 7.41. The number of alkyl halides is 3. The number of amides is 4. The molecular weight excluding hydrogens is 541 g/mol. The van der Waals surface area contributed by atoms with E-state index in [1.165, 1.54) is 29.2 Å². The van der Waals surface area contributed by atoms with Gasteiger partial charge in [-0.25, -0.2) is 9.59 Å². The topological polar surface area (TPSA) is 128 Å². The highest BCUT2D eigenvalue weighted by molar-refractivity contribution is 5.98. The van der Waals surface area contributed by atoms with Gasteiger partial charge in [-0.3, -0.25) is 9.59 Å². The van der Waals surface area contributed by atoms with Gasteiger partial charge in [0, 0.05) is 24.2 Å². The van der Waals surface area contributed by atoms with Crippen molar-refractivity contribution < 1.29 is 37.5 Å². The SMILES string of the molecule is O=C(N[C@@H](Cc1ccc(NC(=O)C(F)(F)F)cc1)C(=O)O)C1CCCN1C(=O)Nc1ccccc1-c1ccccc1. The van der Waals surface area contributed by atoms with Gasteiger partial charge in [0.1, 0.15) is 12.1 Å². The first-order chi connectivity index (χ1) is 19.5. The number of urea groups is 1. The quantitative estimate of drug-likeness (QED) is 0.314. The maximum absolute atomic E-state index is 13.2. The van der Waals surface area contributed by atoms with Crippen LogP contribution in [0.3, 0.4) is 0 Å². The van der Waals surface area contributed by atoms with Crippen molar-refractivity contribution >= 4 is 35.2 Å². The van der Waals surface area contributed by atoms with Crippen LogP contribution in [0, 0.1) is 0 Å². The maximum atomic E-state index is 13.2. The Balaban J connectivity index is 1.40. The van der Waals surface area contributed by atoms with Crippen molar-refractivity contribution in [1.82, 2.24) is 10.2 Å². The molecule has 0 bridgehead atoms. The molecule has 1 saturated heterocycles. The molecule has 1 aliphatic rings. The number of halogens is 3. The van der Waals surface area contributed by atoms with E-state index < -0.39 is 42.1 Å². The first-order valence-corrected chi connectivity index (χ1v) is 12.8. The zero-order valence-electron chi connectivity index (χ0n) is 21.6. The second-order valence-electron chi connectivity index (χ2n) is 9.45. The standard InChI is InChI=1S/C29H27F3N4O5/c30-29(31,32)27(40)33-20-14-12-18(13-15-20)17-23(26(38)39)34-25(37)24-11-6-16-36(24)28(41)35-22-10-5-4-9-21(22)19-7-2-1-3-8-19/h1-5,7-10,12-15,23-24H,6,11,16-17H2,(H,33,40)(H,34,37)(H,35,41)(H,38,39)/t23-,24?/m0/s1. The molecule has 1 fully saturated rings. The molecule has 214 valence electrons. The summed E-state index contributed by atoms with van der Waals surface area (Å²) in [4.78, 5) is 50.7. The van der Waals surface area contributed by atoms with E-state index in [2.05, 4.69) is 10.6 Å². The Kier molecular flexibility index (Phi) is 8.91. The van der Waals surface area contributed by atoms with E-state index in [1.54, 1.807) is 17.4 Å². The summed E-state index contributed by atoms with van der Waals surface area (Å²) in [7, 11) is 0. The van der Waals surface area contributed by atoms with Gasteiger partial charge >= 0.3 is 24.1 Å². The number of para-hydroxylation sites is 1. The molecule has 3 aromatic rings. The molecule has 0 aromatic heterocycles. The molecule has 9 nitrogen and oxygen atoms in total. The number of benzene rings is 3. The highest BCUT2D eigenvalue weighted by atomic mass is 19.4. The predicted molar refractivity (Wildman–Crippen MR) is 145 cm³/mol. The molecule has 0 radical (unpaired) electrons. The second kappa shape index (κ2) is 12.5. The number of likely N-dealkylation sites (tertiary alicyclic amines) is 1. The average Bonchev–Trinajstić information content (AvgIpc) is 3.44. The number of carbonyl (C=O) groups is 4. The van der Waals surface area contributed by atoms with Gasteiger partial charge in [-0.05, 0) is 42.2 Å². The van der Waals surface area contributed by atoms with E-state index in [-0.39, 0.29) is 12.1 Å². The number of carbonyl (C=O) groups excluding carboxylic acids is 3. The van der Waals surface area contributed by atoms with Crippen molar-refractivity contribution in [3.8, 4) is 11.1 Å². The number of nitrogens with zero attached hydrogens (tertiary/aromatic N) is 1. The van der Waals surface area contributed by atoms with Gasteiger partial charge in [-0.15, -0.1) is 0 Å². The number of hydrogen-bond donors (Lipinski definition) is 4. The summed E-state index contributed by atoms with van der Waals surface area (Å²) in [6, 6.07) is 19.1. The van der Waals surface area contributed by atoms with Crippen molar-refractivity contribution in [1.29, 1.82) is 0 Å². The van der Waals surface area contributed by atoms with Crippen LogP contribution in [0.15, 0.2) is 78.9 Å². The second-order valence-corrected chi connectivity index (χ2v) is 9.45. The lowest BCUT2D eigenvalue weighted by Crippen LogP contribution is -2.52. The molecule has 4 amide bonds. The average molecular weight is 569 g/mol. The Morgan fingerprint density at radius 2 is 1.56 bits per heavy atom. The lowest BCUT2D eigenvalue weighted by Gasteiger charge is -2.26. The molecule has 0 saturated carbocycles. The van der Waals surface area contributed by atoms with Gasteiger partial charge in [0.25, 0.3) is 0 Å². The van der Waals surface area contributed by atoms with Crippen molar-refractivity contribution in [3.05, 3.63) is 84.4 Å². The Bertz CT molecular complexity index is 1410. The van der Waals surface area contributed by atoms with Crippen LogP contribution < -0.4 is 16.0 Å². The van der Waals surface area contributed by atoms with Crippen LogP contribution in [-0.4, -0.2) is 58.6 Å². The lowest BCUT2D eigenvalue weighted by molar-refractivity contribution is -0.167. The van der Waals surface area contributed by atoms with Crippen LogP contribution >= 0.6 is 0 Å². The summed E-state index contributed by atoms with van der Waals surface area (Å²) in [5.41, 5.74) is 2.55. The van der Waals surface area contributed by atoms with E-state index >= 15 is 0 Å². The molecule has 1 aliphatic heterocycles. The molecule has 1 heterocycles. The number of carboxylic acids is 1. The van der Waals surface area contributed by atoms with Gasteiger partial charge in [0.05, 0.1) is 5.69 Å². The van der Waals surface area contributed by atoms with Gasteiger partial charge in [-0.2, -0.15) is 13.2 Å².